The van der Waals surface area contributed by atoms with Crippen LogP contribution in [0.25, 0.3) is 0 Å². The van der Waals surface area contributed by atoms with Crippen molar-refractivity contribution in [3.8, 4) is 0 Å². The predicted molar refractivity (Wildman–Crippen MR) is 91.0 cm³/mol. The molecule has 1 aliphatic carbocycles. The predicted octanol–water partition coefficient (Wildman–Crippen LogP) is 2.57. The number of ether oxygens (including phenoxy) is 1. The molecule has 24 heavy (non-hydrogen) atoms. The Bertz CT molecular complexity index is 570. The zero-order valence-corrected chi connectivity index (χ0v) is 14.3. The summed E-state index contributed by atoms with van der Waals surface area (Å²) in [4.78, 5) is 22.9. The molecule has 0 heterocycles. The summed E-state index contributed by atoms with van der Waals surface area (Å²) in [5.41, 5.74) is 6.55. The monoisotopic (exact) mass is 334 g/mol. The van der Waals surface area contributed by atoms with Gasteiger partial charge in [-0.15, -0.1) is 0 Å². The Morgan fingerprint density at radius 3 is 2.54 bits per heavy atom. The standard InChI is InChI=1S/C18H26N2O4/c1-3-13(9-14-7-5-4-6-8-14)10-16(20(22)23)18(19)11-15(12-18)17(21)24-2/h4-8,13,15-16H,3,9-12,19H2,1-2H3. The smallest absolute Gasteiger partial charge is 0.308 e. The molecule has 0 radical (unpaired) electrons. The van der Waals surface area contributed by atoms with E-state index in [1.807, 2.05) is 37.3 Å². The molecule has 0 aromatic heterocycles. The van der Waals surface area contributed by atoms with Crippen molar-refractivity contribution in [2.45, 2.75) is 50.6 Å². The first kappa shape index (κ1) is 18.4. The van der Waals surface area contributed by atoms with Crippen molar-refractivity contribution >= 4 is 5.97 Å². The normalized spacial score (nSPS) is 25.4. The van der Waals surface area contributed by atoms with Gasteiger partial charge in [-0.25, -0.2) is 0 Å². The summed E-state index contributed by atoms with van der Waals surface area (Å²) in [7, 11) is 1.33. The molecule has 1 aromatic rings. The number of carbonyl (C=O) groups excluding carboxylic acids is 1. The molecular weight excluding hydrogens is 308 g/mol. The van der Waals surface area contributed by atoms with Gasteiger partial charge in [0, 0.05) is 11.3 Å². The fourth-order valence-electron chi connectivity index (χ4n) is 3.65. The van der Waals surface area contributed by atoms with Crippen LogP contribution in [0.4, 0.5) is 0 Å². The average Bonchev–Trinajstić information content (AvgIpc) is 2.55. The minimum atomic E-state index is -0.910. The number of methoxy groups -OCH3 is 1. The van der Waals surface area contributed by atoms with E-state index in [-0.39, 0.29) is 22.7 Å². The van der Waals surface area contributed by atoms with Crippen LogP contribution in [0.3, 0.4) is 0 Å². The van der Waals surface area contributed by atoms with E-state index < -0.39 is 11.6 Å². The summed E-state index contributed by atoms with van der Waals surface area (Å²) < 4.78 is 4.70. The zero-order valence-electron chi connectivity index (χ0n) is 14.3. The van der Waals surface area contributed by atoms with Gasteiger partial charge in [0.15, 0.2) is 0 Å². The number of hydrogen-bond acceptors (Lipinski definition) is 5. The number of rotatable bonds is 8. The molecule has 2 rings (SSSR count). The van der Waals surface area contributed by atoms with Gasteiger partial charge in [-0.3, -0.25) is 14.9 Å². The molecule has 0 spiro atoms. The third kappa shape index (κ3) is 4.12. The highest BCUT2D eigenvalue weighted by atomic mass is 16.6. The highest BCUT2D eigenvalue weighted by Crippen LogP contribution is 2.42. The second-order valence-electron chi connectivity index (χ2n) is 6.86. The Morgan fingerprint density at radius 2 is 2.04 bits per heavy atom. The Kier molecular flexibility index (Phi) is 5.94. The van der Waals surface area contributed by atoms with Gasteiger partial charge in [-0.05, 0) is 30.7 Å². The van der Waals surface area contributed by atoms with E-state index >= 15 is 0 Å². The largest absolute Gasteiger partial charge is 0.469 e. The first-order valence-corrected chi connectivity index (χ1v) is 8.43. The first-order valence-electron chi connectivity index (χ1n) is 8.43. The quantitative estimate of drug-likeness (QED) is 0.448. The van der Waals surface area contributed by atoms with E-state index in [0.717, 1.165) is 12.8 Å². The van der Waals surface area contributed by atoms with Crippen LogP contribution in [-0.2, 0) is 16.0 Å². The molecule has 1 aliphatic rings. The number of nitrogens with two attached hydrogens (primary N) is 1. The maximum absolute atomic E-state index is 11.6. The third-order valence-electron chi connectivity index (χ3n) is 5.21. The first-order chi connectivity index (χ1) is 11.4. The molecule has 1 fully saturated rings. The van der Waals surface area contributed by atoms with E-state index in [0.29, 0.717) is 19.3 Å². The van der Waals surface area contributed by atoms with E-state index in [9.17, 15) is 14.9 Å². The average molecular weight is 334 g/mol. The van der Waals surface area contributed by atoms with Gasteiger partial charge < -0.3 is 10.5 Å². The van der Waals surface area contributed by atoms with E-state index in [4.69, 9.17) is 10.5 Å². The minimum absolute atomic E-state index is 0.195. The molecule has 0 saturated heterocycles. The summed E-state index contributed by atoms with van der Waals surface area (Å²) in [6.45, 7) is 2.05. The van der Waals surface area contributed by atoms with Crippen LogP contribution >= 0.6 is 0 Å². The Balaban J connectivity index is 2.02. The summed E-state index contributed by atoms with van der Waals surface area (Å²) >= 11 is 0. The van der Waals surface area contributed by atoms with Crippen molar-refractivity contribution in [3.05, 3.63) is 46.0 Å². The lowest BCUT2D eigenvalue weighted by Gasteiger charge is -2.44. The van der Waals surface area contributed by atoms with E-state index in [1.54, 1.807) is 0 Å². The summed E-state index contributed by atoms with van der Waals surface area (Å²) in [6, 6.07) is 9.17. The summed E-state index contributed by atoms with van der Waals surface area (Å²) in [6.07, 6.45) is 2.75. The zero-order chi connectivity index (χ0) is 17.7. The second kappa shape index (κ2) is 7.75. The van der Waals surface area contributed by atoms with Gasteiger partial charge >= 0.3 is 5.97 Å². The number of hydrogen-bond donors (Lipinski definition) is 1. The molecule has 0 amide bonds. The van der Waals surface area contributed by atoms with Gasteiger partial charge in [0.2, 0.25) is 6.04 Å². The lowest BCUT2D eigenvalue weighted by molar-refractivity contribution is -0.540. The number of nitrogens with zero attached hydrogens (tertiary/aromatic N) is 1. The molecule has 1 saturated carbocycles. The van der Waals surface area contributed by atoms with Gasteiger partial charge in [0.1, 0.15) is 0 Å². The fourth-order valence-corrected chi connectivity index (χ4v) is 3.65. The highest BCUT2D eigenvalue weighted by Gasteiger charge is 2.55. The second-order valence-corrected chi connectivity index (χ2v) is 6.86. The fraction of sp³-hybridized carbons (Fsp3) is 0.611. The molecule has 0 aliphatic heterocycles. The van der Waals surface area contributed by atoms with Gasteiger partial charge in [-0.2, -0.15) is 0 Å². The molecule has 6 nitrogen and oxygen atoms in total. The van der Waals surface area contributed by atoms with E-state index in [1.165, 1.54) is 12.7 Å². The summed E-state index contributed by atoms with van der Waals surface area (Å²) in [5, 5.41) is 11.6. The molecule has 132 valence electrons. The van der Waals surface area contributed by atoms with Crippen LogP contribution in [0.5, 0.6) is 0 Å². The minimum Gasteiger partial charge on any atom is -0.469 e. The van der Waals surface area contributed by atoms with Crippen LogP contribution in [0.15, 0.2) is 30.3 Å². The van der Waals surface area contributed by atoms with Crippen LogP contribution in [-0.4, -0.2) is 29.6 Å². The Morgan fingerprint density at radius 1 is 1.42 bits per heavy atom. The number of carbonyl (C=O) groups is 1. The molecule has 6 heteroatoms. The lowest BCUT2D eigenvalue weighted by Crippen LogP contribution is -2.64. The lowest BCUT2D eigenvalue weighted by atomic mass is 9.63. The maximum Gasteiger partial charge on any atom is 0.308 e. The van der Waals surface area contributed by atoms with Crippen LogP contribution in [0, 0.1) is 22.0 Å². The van der Waals surface area contributed by atoms with Crippen LogP contribution < -0.4 is 5.73 Å². The number of esters is 1. The van der Waals surface area contributed by atoms with Crippen molar-refractivity contribution < 1.29 is 14.5 Å². The molecular formula is C18H26N2O4. The molecule has 0 bridgehead atoms. The topological polar surface area (TPSA) is 95.5 Å². The maximum atomic E-state index is 11.6. The molecule has 1 aromatic carbocycles. The van der Waals surface area contributed by atoms with Crippen molar-refractivity contribution in [1.82, 2.24) is 0 Å². The van der Waals surface area contributed by atoms with Gasteiger partial charge in [0.05, 0.1) is 18.6 Å². The van der Waals surface area contributed by atoms with Crippen LogP contribution in [0.2, 0.25) is 0 Å². The SMILES string of the molecule is CCC(Cc1ccccc1)CC([N+](=O)[O-])C1(N)CC(C(=O)OC)C1. The molecule has 2 N–H and O–H groups in total. The van der Waals surface area contributed by atoms with Gasteiger partial charge in [-0.1, -0.05) is 43.7 Å². The molecule has 2 atom stereocenters. The van der Waals surface area contributed by atoms with Crippen molar-refractivity contribution in [2.24, 2.45) is 17.6 Å². The van der Waals surface area contributed by atoms with Crippen molar-refractivity contribution in [3.63, 3.8) is 0 Å². The number of benzene rings is 1. The van der Waals surface area contributed by atoms with Crippen molar-refractivity contribution in [1.29, 1.82) is 0 Å². The van der Waals surface area contributed by atoms with Crippen LogP contribution in [0.1, 0.15) is 38.2 Å². The number of nitro groups is 1. The third-order valence-corrected chi connectivity index (χ3v) is 5.21. The van der Waals surface area contributed by atoms with Crippen molar-refractivity contribution in [2.75, 3.05) is 7.11 Å². The van der Waals surface area contributed by atoms with E-state index in [2.05, 4.69) is 0 Å². The Labute approximate surface area is 142 Å². The Hall–Kier alpha value is -1.95. The van der Waals surface area contributed by atoms with Gasteiger partial charge in [0.25, 0.3) is 0 Å². The molecule has 2 unspecified atom stereocenters. The highest BCUT2D eigenvalue weighted by molar-refractivity contribution is 5.74. The summed E-state index contributed by atoms with van der Waals surface area (Å²) in [5.74, 6) is -0.438.